The largest absolute Gasteiger partial charge is 0.497 e. The number of aromatic nitrogens is 2. The highest BCUT2D eigenvalue weighted by Gasteiger charge is 2.09. The Labute approximate surface area is 115 Å². The first kappa shape index (κ1) is 13.9. The van der Waals surface area contributed by atoms with Crippen LogP contribution in [-0.2, 0) is 11.2 Å². The average Bonchev–Trinajstić information content (AvgIpc) is 2.96. The Balaban J connectivity index is 1.95. The molecule has 0 fully saturated rings. The average molecular weight is 277 g/mol. The lowest BCUT2D eigenvalue weighted by molar-refractivity contribution is 0.171. The van der Waals surface area contributed by atoms with Crippen molar-refractivity contribution in [1.82, 2.24) is 15.5 Å². The number of carbonyl (C=O) groups excluding carboxylic acids is 1. The summed E-state index contributed by atoms with van der Waals surface area (Å²) in [5.41, 5.74) is 0.811. The van der Waals surface area contributed by atoms with E-state index in [1.165, 1.54) is 7.11 Å². The third-order valence-corrected chi connectivity index (χ3v) is 2.60. The summed E-state index contributed by atoms with van der Waals surface area (Å²) in [6, 6.07) is 7.31. The molecule has 2 rings (SSSR count). The molecule has 0 aliphatic carbocycles. The van der Waals surface area contributed by atoms with E-state index in [2.05, 4.69) is 20.3 Å². The summed E-state index contributed by atoms with van der Waals surface area (Å²) < 4.78 is 15.0. The molecule has 0 aliphatic rings. The van der Waals surface area contributed by atoms with E-state index < -0.39 is 6.09 Å². The van der Waals surface area contributed by atoms with E-state index in [1.54, 1.807) is 7.11 Å². The summed E-state index contributed by atoms with van der Waals surface area (Å²) >= 11 is 0. The number of hydrogen-bond donors (Lipinski definition) is 1. The molecule has 1 N–H and O–H groups in total. The topological polar surface area (TPSA) is 86.5 Å². The van der Waals surface area contributed by atoms with E-state index in [0.29, 0.717) is 24.7 Å². The van der Waals surface area contributed by atoms with Crippen LogP contribution in [0.15, 0.2) is 28.7 Å². The van der Waals surface area contributed by atoms with Gasteiger partial charge in [-0.3, -0.25) is 0 Å². The van der Waals surface area contributed by atoms with Crippen LogP contribution in [0.5, 0.6) is 5.75 Å². The molecule has 2 aromatic rings. The summed E-state index contributed by atoms with van der Waals surface area (Å²) in [5.74, 6) is 1.64. The van der Waals surface area contributed by atoms with Gasteiger partial charge in [0.1, 0.15) is 5.75 Å². The Hall–Kier alpha value is -2.57. The van der Waals surface area contributed by atoms with Gasteiger partial charge in [-0.15, -0.1) is 10.2 Å². The zero-order valence-electron chi connectivity index (χ0n) is 11.3. The van der Waals surface area contributed by atoms with Crippen LogP contribution in [-0.4, -0.2) is 37.1 Å². The van der Waals surface area contributed by atoms with Gasteiger partial charge < -0.3 is 19.2 Å². The molecule has 0 spiro atoms. The van der Waals surface area contributed by atoms with Gasteiger partial charge >= 0.3 is 6.09 Å². The number of amides is 1. The number of nitrogens with zero attached hydrogens (tertiary/aromatic N) is 2. The molecule has 1 amide bonds. The van der Waals surface area contributed by atoms with Crippen LogP contribution in [0.2, 0.25) is 0 Å². The van der Waals surface area contributed by atoms with Crippen molar-refractivity contribution in [2.45, 2.75) is 6.42 Å². The minimum Gasteiger partial charge on any atom is -0.497 e. The van der Waals surface area contributed by atoms with E-state index in [1.807, 2.05) is 24.3 Å². The zero-order valence-corrected chi connectivity index (χ0v) is 11.3. The number of rotatable bonds is 5. The third kappa shape index (κ3) is 3.47. The molecular formula is C13H15N3O4. The van der Waals surface area contributed by atoms with Crippen LogP contribution >= 0.6 is 0 Å². The summed E-state index contributed by atoms with van der Waals surface area (Å²) in [5, 5.41) is 10.4. The molecule has 0 radical (unpaired) electrons. The summed E-state index contributed by atoms with van der Waals surface area (Å²) in [6.45, 7) is 0.372. The number of ether oxygens (including phenoxy) is 2. The lowest BCUT2D eigenvalue weighted by atomic mass is 10.2. The second kappa shape index (κ2) is 6.55. The maximum absolute atomic E-state index is 10.9. The van der Waals surface area contributed by atoms with Gasteiger partial charge in [0.25, 0.3) is 0 Å². The van der Waals surface area contributed by atoms with Gasteiger partial charge in [-0.2, -0.15) is 0 Å². The highest BCUT2D eigenvalue weighted by molar-refractivity contribution is 5.66. The first-order chi connectivity index (χ1) is 9.72. The van der Waals surface area contributed by atoms with Crippen LogP contribution in [0.25, 0.3) is 11.5 Å². The number of hydrogen-bond acceptors (Lipinski definition) is 6. The highest BCUT2D eigenvalue weighted by atomic mass is 16.5. The Morgan fingerprint density at radius 1 is 1.25 bits per heavy atom. The number of carbonyl (C=O) groups is 1. The van der Waals surface area contributed by atoms with Crippen molar-refractivity contribution in [2.24, 2.45) is 0 Å². The molecule has 0 bridgehead atoms. The van der Waals surface area contributed by atoms with Crippen molar-refractivity contribution in [2.75, 3.05) is 20.8 Å². The lowest BCUT2D eigenvalue weighted by Gasteiger charge is -2.00. The molecule has 7 nitrogen and oxygen atoms in total. The second-order valence-corrected chi connectivity index (χ2v) is 3.90. The normalized spacial score (nSPS) is 10.1. The van der Waals surface area contributed by atoms with E-state index in [0.717, 1.165) is 11.3 Å². The van der Waals surface area contributed by atoms with E-state index in [9.17, 15) is 4.79 Å². The van der Waals surface area contributed by atoms with Crippen molar-refractivity contribution in [3.8, 4) is 17.2 Å². The maximum atomic E-state index is 10.9. The van der Waals surface area contributed by atoms with Crippen LogP contribution in [0.1, 0.15) is 5.89 Å². The fraction of sp³-hybridized carbons (Fsp3) is 0.308. The molecular weight excluding hydrogens is 262 g/mol. The Morgan fingerprint density at radius 3 is 2.65 bits per heavy atom. The first-order valence-corrected chi connectivity index (χ1v) is 6.01. The first-order valence-electron chi connectivity index (χ1n) is 6.01. The SMILES string of the molecule is COC(=O)NCCc1nnc(-c2ccc(OC)cc2)o1. The van der Waals surface area contributed by atoms with Gasteiger partial charge in [0.2, 0.25) is 11.8 Å². The van der Waals surface area contributed by atoms with E-state index in [-0.39, 0.29) is 0 Å². The van der Waals surface area contributed by atoms with Crippen molar-refractivity contribution in [3.05, 3.63) is 30.2 Å². The third-order valence-electron chi connectivity index (χ3n) is 2.60. The van der Waals surface area contributed by atoms with Gasteiger partial charge in [0, 0.05) is 18.5 Å². The van der Waals surface area contributed by atoms with Gasteiger partial charge in [0.05, 0.1) is 14.2 Å². The van der Waals surface area contributed by atoms with Gasteiger partial charge in [-0.25, -0.2) is 4.79 Å². The van der Waals surface area contributed by atoms with Crippen LogP contribution < -0.4 is 10.1 Å². The molecule has 1 aromatic carbocycles. The molecule has 0 unspecified atom stereocenters. The van der Waals surface area contributed by atoms with Crippen LogP contribution in [0.4, 0.5) is 4.79 Å². The summed E-state index contributed by atoms with van der Waals surface area (Å²) in [7, 11) is 2.91. The van der Waals surface area contributed by atoms with Gasteiger partial charge in [-0.1, -0.05) is 0 Å². The van der Waals surface area contributed by atoms with Gasteiger partial charge in [0.15, 0.2) is 0 Å². The molecule has 1 heterocycles. The highest BCUT2D eigenvalue weighted by Crippen LogP contribution is 2.21. The number of nitrogens with one attached hydrogen (secondary N) is 1. The number of benzene rings is 1. The molecule has 0 saturated carbocycles. The van der Waals surface area contributed by atoms with E-state index >= 15 is 0 Å². The van der Waals surface area contributed by atoms with Crippen molar-refractivity contribution < 1.29 is 18.7 Å². The smallest absolute Gasteiger partial charge is 0.406 e. The predicted octanol–water partition coefficient (Wildman–Crippen LogP) is 1.64. The summed E-state index contributed by atoms with van der Waals surface area (Å²) in [4.78, 5) is 10.9. The van der Waals surface area contributed by atoms with E-state index in [4.69, 9.17) is 9.15 Å². The minimum absolute atomic E-state index is 0.372. The van der Waals surface area contributed by atoms with Crippen molar-refractivity contribution in [1.29, 1.82) is 0 Å². The summed E-state index contributed by atoms with van der Waals surface area (Å²) in [6.07, 6.45) is -0.0435. The van der Waals surface area contributed by atoms with Crippen LogP contribution in [0, 0.1) is 0 Å². The Morgan fingerprint density at radius 2 is 2.00 bits per heavy atom. The Bertz CT molecular complexity index is 565. The molecule has 0 atom stereocenters. The molecule has 0 saturated heterocycles. The monoisotopic (exact) mass is 277 g/mol. The van der Waals surface area contributed by atoms with Crippen molar-refractivity contribution >= 4 is 6.09 Å². The molecule has 106 valence electrons. The standard InChI is InChI=1S/C13H15N3O4/c1-18-10-5-3-9(4-6-10)12-16-15-11(20-12)7-8-14-13(17)19-2/h3-6H,7-8H2,1-2H3,(H,14,17). The fourth-order valence-electron chi connectivity index (χ4n) is 1.55. The second-order valence-electron chi connectivity index (χ2n) is 3.90. The number of methoxy groups -OCH3 is 2. The Kier molecular flexibility index (Phi) is 4.54. The molecule has 0 aliphatic heterocycles. The van der Waals surface area contributed by atoms with Crippen molar-refractivity contribution in [3.63, 3.8) is 0 Å². The maximum Gasteiger partial charge on any atom is 0.406 e. The predicted molar refractivity (Wildman–Crippen MR) is 70.4 cm³/mol. The number of alkyl carbamates (subject to hydrolysis) is 1. The zero-order chi connectivity index (χ0) is 14.4. The molecule has 20 heavy (non-hydrogen) atoms. The van der Waals surface area contributed by atoms with Crippen LogP contribution in [0.3, 0.4) is 0 Å². The fourth-order valence-corrected chi connectivity index (χ4v) is 1.55. The molecule has 7 heteroatoms. The minimum atomic E-state index is -0.486. The molecule has 1 aromatic heterocycles. The van der Waals surface area contributed by atoms with Gasteiger partial charge in [-0.05, 0) is 24.3 Å². The quantitative estimate of drug-likeness (QED) is 0.894. The lowest BCUT2D eigenvalue weighted by Crippen LogP contribution is -2.25.